The molecular weight excluding hydrogens is 574 g/mol. The molecule has 3 aromatic rings. The second-order valence-electron chi connectivity index (χ2n) is 11.9. The monoisotopic (exact) mass is 619 g/mol. The zero-order valence-corrected chi connectivity index (χ0v) is 27.1. The number of anilines is 1. The quantitative estimate of drug-likeness (QED) is 0.255. The number of aryl methyl sites for hydroxylation is 2. The molecule has 0 aliphatic heterocycles. The number of amides is 2. The Morgan fingerprint density at radius 3 is 2.23 bits per heavy atom. The van der Waals surface area contributed by atoms with Crippen LogP contribution in [0, 0.1) is 13.8 Å². The first-order valence-corrected chi connectivity index (χ1v) is 17.2. The van der Waals surface area contributed by atoms with E-state index in [2.05, 4.69) is 5.32 Å². The van der Waals surface area contributed by atoms with Gasteiger partial charge in [-0.1, -0.05) is 61.4 Å². The second-order valence-corrected chi connectivity index (χ2v) is 13.8. The van der Waals surface area contributed by atoms with Gasteiger partial charge in [-0.2, -0.15) is 0 Å². The first-order chi connectivity index (χ1) is 21.0. The van der Waals surface area contributed by atoms with Gasteiger partial charge >= 0.3 is 0 Å². The van der Waals surface area contributed by atoms with E-state index in [-0.39, 0.29) is 37.4 Å². The molecule has 0 spiro atoms. The maximum absolute atomic E-state index is 14.1. The molecule has 1 fully saturated rings. The van der Waals surface area contributed by atoms with Crippen LogP contribution in [0.1, 0.15) is 60.8 Å². The summed E-state index contributed by atoms with van der Waals surface area (Å²) in [6.45, 7) is 4.23. The van der Waals surface area contributed by atoms with Crippen molar-refractivity contribution in [2.24, 2.45) is 0 Å². The van der Waals surface area contributed by atoms with E-state index >= 15 is 0 Å². The zero-order chi connectivity index (χ0) is 31.7. The summed E-state index contributed by atoms with van der Waals surface area (Å²) in [6, 6.07) is 22.3. The van der Waals surface area contributed by atoms with Gasteiger partial charge in [0.05, 0.1) is 19.1 Å². The van der Waals surface area contributed by atoms with Crippen LogP contribution in [0.15, 0.2) is 72.8 Å². The lowest BCUT2D eigenvalue weighted by atomic mass is 10.0. The van der Waals surface area contributed by atoms with Crippen LogP contribution in [0.4, 0.5) is 5.69 Å². The van der Waals surface area contributed by atoms with Crippen molar-refractivity contribution in [3.05, 3.63) is 95.1 Å². The Balaban J connectivity index is 1.61. The van der Waals surface area contributed by atoms with Gasteiger partial charge in [0.2, 0.25) is 21.8 Å². The Hall–Kier alpha value is -3.85. The molecule has 0 saturated heterocycles. The standard InChI is InChI=1S/C35H45N3O5S/c1-26-20-27(2)22-31(21-26)38(44(4,41)42)19-11-18-34(39)37(25-29-14-10-17-32(23-29)43-3)33(24-28-12-6-5-7-13-28)35(40)36-30-15-8-9-16-30/h5-7,10,12-14,17,20-23,30,33H,8-9,11,15-16,18-19,24-25H2,1-4H3,(H,36,40)/t33-/m1/s1. The molecule has 44 heavy (non-hydrogen) atoms. The van der Waals surface area contributed by atoms with Gasteiger partial charge in [0, 0.05) is 32.0 Å². The van der Waals surface area contributed by atoms with Gasteiger partial charge in [0.25, 0.3) is 0 Å². The number of benzene rings is 3. The molecule has 3 aromatic carbocycles. The summed E-state index contributed by atoms with van der Waals surface area (Å²) in [5.74, 6) is 0.302. The number of sulfonamides is 1. The van der Waals surface area contributed by atoms with Crippen LogP contribution in [0.25, 0.3) is 0 Å². The average molecular weight is 620 g/mol. The molecule has 4 rings (SSSR count). The Morgan fingerprint density at radius 2 is 1.59 bits per heavy atom. The minimum atomic E-state index is -3.58. The topological polar surface area (TPSA) is 96.0 Å². The van der Waals surface area contributed by atoms with Crippen LogP contribution in [-0.2, 0) is 32.6 Å². The van der Waals surface area contributed by atoms with E-state index in [0.717, 1.165) is 47.9 Å². The largest absolute Gasteiger partial charge is 0.497 e. The van der Waals surface area contributed by atoms with E-state index in [0.29, 0.717) is 24.3 Å². The molecule has 0 heterocycles. The number of carbonyl (C=O) groups is 2. The molecule has 1 N–H and O–H groups in total. The number of hydrogen-bond donors (Lipinski definition) is 1. The van der Waals surface area contributed by atoms with E-state index < -0.39 is 16.1 Å². The molecule has 9 heteroatoms. The van der Waals surface area contributed by atoms with Crippen LogP contribution in [0.2, 0.25) is 0 Å². The van der Waals surface area contributed by atoms with E-state index in [1.165, 1.54) is 10.6 Å². The highest BCUT2D eigenvalue weighted by molar-refractivity contribution is 7.92. The molecule has 1 atom stereocenters. The third-order valence-corrected chi connectivity index (χ3v) is 9.30. The normalized spacial score (nSPS) is 14.2. The molecule has 8 nitrogen and oxygen atoms in total. The third-order valence-electron chi connectivity index (χ3n) is 8.11. The van der Waals surface area contributed by atoms with Gasteiger partial charge in [-0.15, -0.1) is 0 Å². The van der Waals surface area contributed by atoms with Crippen molar-refractivity contribution >= 4 is 27.5 Å². The second kappa shape index (κ2) is 15.2. The van der Waals surface area contributed by atoms with Crippen LogP contribution in [0.3, 0.4) is 0 Å². The lowest BCUT2D eigenvalue weighted by Gasteiger charge is -2.33. The maximum atomic E-state index is 14.1. The summed E-state index contributed by atoms with van der Waals surface area (Å²) >= 11 is 0. The molecule has 0 aromatic heterocycles. The van der Waals surface area contributed by atoms with Crippen LogP contribution < -0.4 is 14.4 Å². The summed E-state index contributed by atoms with van der Waals surface area (Å²) in [5, 5.41) is 3.22. The molecule has 0 unspecified atom stereocenters. The molecule has 0 radical (unpaired) electrons. The maximum Gasteiger partial charge on any atom is 0.243 e. The fourth-order valence-corrected chi connectivity index (χ4v) is 6.94. The van der Waals surface area contributed by atoms with Gasteiger partial charge in [-0.05, 0) is 79.6 Å². The number of methoxy groups -OCH3 is 1. The predicted molar refractivity (Wildman–Crippen MR) is 175 cm³/mol. The van der Waals surface area contributed by atoms with E-state index in [1.54, 1.807) is 12.0 Å². The fourth-order valence-electron chi connectivity index (χ4n) is 5.99. The fraction of sp³-hybridized carbons (Fsp3) is 0.429. The molecule has 1 aliphatic rings. The van der Waals surface area contributed by atoms with Gasteiger partial charge in [0.1, 0.15) is 11.8 Å². The summed E-state index contributed by atoms with van der Waals surface area (Å²) in [7, 11) is -1.98. The first-order valence-electron chi connectivity index (χ1n) is 15.4. The van der Waals surface area contributed by atoms with Crippen molar-refractivity contribution in [2.45, 2.75) is 77.4 Å². The van der Waals surface area contributed by atoms with Crippen molar-refractivity contribution in [2.75, 3.05) is 24.2 Å². The van der Waals surface area contributed by atoms with Crippen LogP contribution >= 0.6 is 0 Å². The summed E-state index contributed by atoms with van der Waals surface area (Å²) < 4.78 is 32.4. The average Bonchev–Trinajstić information content (AvgIpc) is 3.49. The van der Waals surface area contributed by atoms with Crippen molar-refractivity contribution in [1.82, 2.24) is 10.2 Å². The first kappa shape index (κ1) is 33.1. The highest BCUT2D eigenvalue weighted by Crippen LogP contribution is 2.24. The number of nitrogens with one attached hydrogen (secondary N) is 1. The summed E-state index contributed by atoms with van der Waals surface area (Å²) in [6.07, 6.45) is 5.98. The molecule has 236 valence electrons. The lowest BCUT2D eigenvalue weighted by Crippen LogP contribution is -2.52. The SMILES string of the molecule is COc1cccc(CN(C(=O)CCCN(c2cc(C)cc(C)c2)S(C)(=O)=O)[C@H](Cc2ccccc2)C(=O)NC2CCCC2)c1. The van der Waals surface area contributed by atoms with Crippen molar-refractivity contribution in [3.8, 4) is 5.75 Å². The molecule has 2 amide bonds. The molecule has 1 aliphatic carbocycles. The Labute approximate surface area is 262 Å². The smallest absolute Gasteiger partial charge is 0.243 e. The number of carbonyl (C=O) groups excluding carboxylic acids is 2. The van der Waals surface area contributed by atoms with Gasteiger partial charge in [-0.3, -0.25) is 13.9 Å². The molecular formula is C35H45N3O5S. The van der Waals surface area contributed by atoms with Crippen LogP contribution in [0.5, 0.6) is 5.75 Å². The Morgan fingerprint density at radius 1 is 0.932 bits per heavy atom. The Bertz CT molecular complexity index is 1500. The highest BCUT2D eigenvalue weighted by atomic mass is 32.2. The minimum Gasteiger partial charge on any atom is -0.497 e. The van der Waals surface area contributed by atoms with E-state index in [9.17, 15) is 18.0 Å². The van der Waals surface area contributed by atoms with Gasteiger partial charge in [0.15, 0.2) is 0 Å². The number of rotatable bonds is 14. The van der Waals surface area contributed by atoms with E-state index in [4.69, 9.17) is 4.74 Å². The summed E-state index contributed by atoms with van der Waals surface area (Å²) in [4.78, 5) is 29.7. The zero-order valence-electron chi connectivity index (χ0n) is 26.3. The lowest BCUT2D eigenvalue weighted by molar-refractivity contribution is -0.141. The summed E-state index contributed by atoms with van der Waals surface area (Å²) in [5.41, 5.74) is 4.32. The predicted octanol–water partition coefficient (Wildman–Crippen LogP) is 5.56. The van der Waals surface area contributed by atoms with Gasteiger partial charge in [-0.25, -0.2) is 8.42 Å². The number of ether oxygens (including phenoxy) is 1. The van der Waals surface area contributed by atoms with Crippen LogP contribution in [-0.4, -0.2) is 57.1 Å². The van der Waals surface area contributed by atoms with E-state index in [1.807, 2.05) is 86.6 Å². The third kappa shape index (κ3) is 9.32. The number of hydrogen-bond acceptors (Lipinski definition) is 5. The molecule has 1 saturated carbocycles. The number of nitrogens with zero attached hydrogens (tertiary/aromatic N) is 2. The van der Waals surface area contributed by atoms with Crippen molar-refractivity contribution in [1.29, 1.82) is 0 Å². The Kier molecular flexibility index (Phi) is 11.4. The minimum absolute atomic E-state index is 0.0861. The highest BCUT2D eigenvalue weighted by Gasteiger charge is 2.32. The van der Waals surface area contributed by atoms with Gasteiger partial charge < -0.3 is 15.0 Å². The molecule has 0 bridgehead atoms. The van der Waals surface area contributed by atoms with Crippen molar-refractivity contribution in [3.63, 3.8) is 0 Å². The van der Waals surface area contributed by atoms with Crippen molar-refractivity contribution < 1.29 is 22.7 Å².